The van der Waals surface area contributed by atoms with Crippen molar-refractivity contribution in [3.8, 4) is 11.6 Å². The normalized spacial score (nSPS) is 24.1. The maximum atomic E-state index is 14.4. The number of likely N-dealkylation sites (tertiary alicyclic amines) is 1. The second kappa shape index (κ2) is 13.4. The molecule has 1 saturated heterocycles. The molecule has 3 fully saturated rings. The molecule has 0 spiro atoms. The fourth-order valence-corrected chi connectivity index (χ4v) is 7.50. The predicted molar refractivity (Wildman–Crippen MR) is 185 cm³/mol. The minimum Gasteiger partial charge on any atom is -0.497 e. The van der Waals surface area contributed by atoms with Crippen LogP contribution in [0.5, 0.6) is 11.6 Å². The fourth-order valence-electron chi connectivity index (χ4n) is 6.14. The summed E-state index contributed by atoms with van der Waals surface area (Å²) < 4.78 is 44.6. The van der Waals surface area contributed by atoms with Crippen molar-refractivity contribution in [2.24, 2.45) is 11.3 Å². The molecule has 0 bridgehead atoms. The number of fused-ring (bicyclic) bond motifs is 1. The number of methoxy groups -OCH3 is 1. The van der Waals surface area contributed by atoms with Gasteiger partial charge in [0.15, 0.2) is 0 Å². The van der Waals surface area contributed by atoms with Crippen LogP contribution in [0.25, 0.3) is 10.8 Å². The molecule has 2 unspecified atom stereocenters. The van der Waals surface area contributed by atoms with Crippen molar-refractivity contribution >= 4 is 44.6 Å². The minimum absolute atomic E-state index is 0.0198. The average Bonchev–Trinajstić information content (AvgIpc) is 3.95. The quantitative estimate of drug-likeness (QED) is 0.293. The third-order valence-electron chi connectivity index (χ3n) is 9.08. The van der Waals surface area contributed by atoms with E-state index in [-0.39, 0.29) is 25.3 Å². The van der Waals surface area contributed by atoms with Crippen LogP contribution in [0.3, 0.4) is 0 Å². The Bertz CT molecular complexity index is 1800. The first-order chi connectivity index (χ1) is 23.3. The number of benzene rings is 1. The molecule has 2 aromatic rings. The van der Waals surface area contributed by atoms with E-state index in [1.165, 1.54) is 11.0 Å². The number of sulfonamides is 1. The molecule has 2 saturated carbocycles. The van der Waals surface area contributed by atoms with Crippen LogP contribution in [-0.4, -0.2) is 90.3 Å². The molecular weight excluding hydrogens is 666 g/mol. The van der Waals surface area contributed by atoms with Crippen LogP contribution in [0.1, 0.15) is 67.2 Å². The highest BCUT2D eigenvalue weighted by Gasteiger charge is 2.62. The van der Waals surface area contributed by atoms with Gasteiger partial charge in [-0.1, -0.05) is 26.8 Å². The summed E-state index contributed by atoms with van der Waals surface area (Å²) in [5.74, 6) is -1.66. The van der Waals surface area contributed by atoms with E-state index in [1.807, 2.05) is 6.07 Å². The highest BCUT2D eigenvalue weighted by atomic mass is 32.2. The fraction of sp³-hybridized carbons (Fsp3) is 0.571. The molecule has 1 aromatic carbocycles. The number of alkyl carbamates (subject to hydrolysis) is 1. The Morgan fingerprint density at radius 1 is 1.10 bits per heavy atom. The van der Waals surface area contributed by atoms with Crippen molar-refractivity contribution in [2.45, 2.75) is 102 Å². The van der Waals surface area contributed by atoms with E-state index in [1.54, 1.807) is 73.0 Å². The number of nitrogens with one attached hydrogen (secondary N) is 3. The van der Waals surface area contributed by atoms with Crippen LogP contribution >= 0.6 is 0 Å². The molecule has 5 atom stereocenters. The lowest BCUT2D eigenvalue weighted by Gasteiger charge is -2.36. The van der Waals surface area contributed by atoms with Gasteiger partial charge >= 0.3 is 6.09 Å². The van der Waals surface area contributed by atoms with Crippen LogP contribution in [-0.2, 0) is 29.1 Å². The zero-order valence-electron chi connectivity index (χ0n) is 29.6. The van der Waals surface area contributed by atoms with E-state index in [0.29, 0.717) is 24.0 Å². The van der Waals surface area contributed by atoms with Crippen LogP contribution < -0.4 is 24.8 Å². The summed E-state index contributed by atoms with van der Waals surface area (Å²) in [6.07, 6.45) is 2.64. The summed E-state index contributed by atoms with van der Waals surface area (Å²) in [5.41, 5.74) is -3.19. The zero-order valence-corrected chi connectivity index (χ0v) is 30.4. The van der Waals surface area contributed by atoms with Gasteiger partial charge in [-0.3, -0.25) is 19.1 Å². The number of ether oxygens (including phenoxy) is 3. The molecule has 1 aromatic heterocycles. The van der Waals surface area contributed by atoms with Gasteiger partial charge in [-0.05, 0) is 75.1 Å². The number of hydrogen-bond acceptors (Lipinski definition) is 10. The minimum atomic E-state index is -3.89. The highest BCUT2D eigenvalue weighted by Crippen LogP contribution is 2.45. The van der Waals surface area contributed by atoms with Crippen LogP contribution in [0, 0.1) is 11.3 Å². The van der Waals surface area contributed by atoms with E-state index >= 15 is 0 Å². The average molecular weight is 714 g/mol. The van der Waals surface area contributed by atoms with E-state index in [4.69, 9.17) is 14.2 Å². The lowest BCUT2D eigenvalue weighted by atomic mass is 9.85. The van der Waals surface area contributed by atoms with Gasteiger partial charge in [0, 0.05) is 23.9 Å². The van der Waals surface area contributed by atoms with Gasteiger partial charge in [0.05, 0.1) is 18.9 Å². The molecule has 3 N–H and O–H groups in total. The maximum absolute atomic E-state index is 14.4. The second-order valence-electron chi connectivity index (χ2n) is 15.3. The number of aromatic nitrogens is 1. The lowest BCUT2D eigenvalue weighted by molar-refractivity contribution is -0.143. The third-order valence-corrected chi connectivity index (χ3v) is 10.9. The van der Waals surface area contributed by atoms with E-state index in [0.717, 1.165) is 5.39 Å². The van der Waals surface area contributed by atoms with Crippen molar-refractivity contribution < 1.29 is 41.8 Å². The molecule has 2 heterocycles. The van der Waals surface area contributed by atoms with Crippen molar-refractivity contribution in [3.63, 3.8) is 0 Å². The summed E-state index contributed by atoms with van der Waals surface area (Å²) >= 11 is 0. The van der Waals surface area contributed by atoms with E-state index in [9.17, 15) is 27.6 Å². The number of hydrogen-bond donors (Lipinski definition) is 3. The molecule has 2 aliphatic carbocycles. The Balaban J connectivity index is 1.44. The first-order valence-electron chi connectivity index (χ1n) is 16.7. The van der Waals surface area contributed by atoms with Gasteiger partial charge in [0.1, 0.15) is 35.1 Å². The monoisotopic (exact) mass is 713 g/mol. The predicted octanol–water partition coefficient (Wildman–Crippen LogP) is 3.20. The number of pyridine rings is 1. The molecule has 1 aliphatic heterocycles. The maximum Gasteiger partial charge on any atom is 0.408 e. The number of carbonyl (C=O) groups excluding carboxylic acids is 4. The first-order valence-corrected chi connectivity index (χ1v) is 18.2. The van der Waals surface area contributed by atoms with Crippen molar-refractivity contribution in [2.75, 3.05) is 13.7 Å². The van der Waals surface area contributed by atoms with Gasteiger partial charge in [0.2, 0.25) is 27.7 Å². The Morgan fingerprint density at radius 3 is 2.38 bits per heavy atom. The molecule has 272 valence electrons. The number of nitrogens with zero attached hydrogens (tertiary/aromatic N) is 2. The smallest absolute Gasteiger partial charge is 0.408 e. The number of carbonyl (C=O) groups is 4. The molecule has 50 heavy (non-hydrogen) atoms. The summed E-state index contributed by atoms with van der Waals surface area (Å²) in [5, 5.41) is 6.33. The summed E-state index contributed by atoms with van der Waals surface area (Å²) in [7, 11) is -2.33. The van der Waals surface area contributed by atoms with Crippen molar-refractivity contribution in [1.82, 2.24) is 25.2 Å². The molecule has 15 heteroatoms. The molecule has 4 amide bonds. The molecule has 5 rings (SSSR count). The highest BCUT2D eigenvalue weighted by molar-refractivity contribution is 7.91. The third kappa shape index (κ3) is 7.98. The van der Waals surface area contributed by atoms with Crippen molar-refractivity contribution in [1.29, 1.82) is 0 Å². The first kappa shape index (κ1) is 36.9. The van der Waals surface area contributed by atoms with Crippen LogP contribution in [0.4, 0.5) is 4.79 Å². The second-order valence-corrected chi connectivity index (χ2v) is 17.3. The molecular formula is C35H47N5O9S. The summed E-state index contributed by atoms with van der Waals surface area (Å²) in [6, 6.07) is 4.95. The summed E-state index contributed by atoms with van der Waals surface area (Å²) in [4.78, 5) is 60.7. The van der Waals surface area contributed by atoms with Crippen LogP contribution in [0.2, 0.25) is 0 Å². The topological polar surface area (TPSA) is 182 Å². The van der Waals surface area contributed by atoms with Crippen molar-refractivity contribution in [3.05, 3.63) is 43.1 Å². The largest absolute Gasteiger partial charge is 0.497 e. The molecule has 0 radical (unpaired) electrons. The standard InChI is InChI=1S/C35H47N5O9S/c1-9-21-18-35(21,31(43)39-50(45,46)24-11-12-24)38-28(41)26-17-23(48-29-25-13-10-22(47-8)16-20(25)14-15-36-29)19-40(26)30(42)27(33(2,3)4)37-32(44)49-34(5,6)7/h9-10,13-16,21,23-24,26-27H,1,11-12,17-19H2,2-8H3,(H,37,44)(H,38,41)(H,39,43)/t21?,23-,26+,27?,35-/m1/s1. The van der Waals surface area contributed by atoms with Gasteiger partial charge < -0.3 is 29.7 Å². The molecule has 3 aliphatic rings. The lowest BCUT2D eigenvalue weighted by Crippen LogP contribution is -2.60. The molecule has 14 nitrogen and oxygen atoms in total. The van der Waals surface area contributed by atoms with E-state index < -0.39 is 79.7 Å². The Labute approximate surface area is 292 Å². The van der Waals surface area contributed by atoms with Gasteiger partial charge in [-0.2, -0.15) is 0 Å². The Morgan fingerprint density at radius 2 is 1.80 bits per heavy atom. The zero-order chi connectivity index (χ0) is 36.8. The van der Waals surface area contributed by atoms with Gasteiger partial charge in [0.25, 0.3) is 5.91 Å². The summed E-state index contributed by atoms with van der Waals surface area (Å²) in [6.45, 7) is 14.2. The Hall–Kier alpha value is -4.40. The Kier molecular flexibility index (Phi) is 9.87. The van der Waals surface area contributed by atoms with Gasteiger partial charge in [-0.15, -0.1) is 6.58 Å². The van der Waals surface area contributed by atoms with Crippen LogP contribution in [0.15, 0.2) is 43.1 Å². The SMILES string of the molecule is C=CC1C[C@]1(NC(=O)[C@@H]1C[C@@H](Oc2nccc3cc(OC)ccc23)CN1C(=O)C(NC(=O)OC(C)(C)C)C(C)(C)C)C(=O)NS(=O)(=O)C1CC1. The number of amides is 4. The number of rotatable bonds is 11. The van der Waals surface area contributed by atoms with Gasteiger partial charge in [-0.25, -0.2) is 18.2 Å². The van der Waals surface area contributed by atoms with E-state index in [2.05, 4.69) is 26.9 Å².